The number of anilines is 2. The largest absolute Gasteiger partial charge is 0.481 e. The van der Waals surface area contributed by atoms with E-state index >= 15 is 0 Å². The van der Waals surface area contributed by atoms with Gasteiger partial charge in [-0.2, -0.15) is 5.10 Å². The highest BCUT2D eigenvalue weighted by Gasteiger charge is 2.24. The van der Waals surface area contributed by atoms with Gasteiger partial charge in [-0.15, -0.1) is 0 Å². The molecule has 33 heavy (non-hydrogen) atoms. The van der Waals surface area contributed by atoms with E-state index in [2.05, 4.69) is 20.4 Å². The van der Waals surface area contributed by atoms with Gasteiger partial charge in [0.05, 0.1) is 30.8 Å². The number of hydrogen-bond acceptors (Lipinski definition) is 9. The van der Waals surface area contributed by atoms with E-state index in [-0.39, 0.29) is 12.1 Å². The Morgan fingerprint density at radius 3 is 2.85 bits per heavy atom. The van der Waals surface area contributed by atoms with Gasteiger partial charge in [-0.3, -0.25) is 0 Å². The first-order valence-corrected chi connectivity index (χ1v) is 11.0. The lowest BCUT2D eigenvalue weighted by Gasteiger charge is -2.17. The molecule has 4 aromatic heterocycles. The number of aliphatic hydroxyl groups is 1. The third kappa shape index (κ3) is 4.05. The van der Waals surface area contributed by atoms with Crippen LogP contribution in [0.2, 0.25) is 0 Å². The van der Waals surface area contributed by atoms with Gasteiger partial charge in [-0.1, -0.05) is 6.92 Å². The van der Waals surface area contributed by atoms with Gasteiger partial charge in [0.15, 0.2) is 5.82 Å². The summed E-state index contributed by atoms with van der Waals surface area (Å²) in [7, 11) is 1.58. The van der Waals surface area contributed by atoms with Gasteiger partial charge in [-0.25, -0.2) is 24.6 Å². The van der Waals surface area contributed by atoms with E-state index in [1.165, 1.54) is 0 Å². The highest BCUT2D eigenvalue weighted by Crippen LogP contribution is 2.32. The molecule has 0 amide bonds. The molecule has 1 aliphatic carbocycles. The second-order valence-electron chi connectivity index (χ2n) is 8.16. The molecular formula is C23H26N8O2. The molecule has 1 saturated carbocycles. The van der Waals surface area contributed by atoms with Crippen LogP contribution in [0.4, 0.5) is 11.6 Å². The summed E-state index contributed by atoms with van der Waals surface area (Å²) in [6.45, 7) is 2.03. The van der Waals surface area contributed by atoms with Gasteiger partial charge >= 0.3 is 0 Å². The van der Waals surface area contributed by atoms with Gasteiger partial charge in [0.25, 0.3) is 0 Å². The maximum atomic E-state index is 9.91. The standard InChI is InChI=1S/C23H26N8O2/c1-3-18-23(28-14-4-5-16(32)8-14)30-20-17(11-26-22(24)21(20)29-18)13-10-27-31(12-13)15-6-7-25-19(9-15)33-2/h6-7,9-12,14,16,32H,3-5,8H2,1-2H3,(H2,24,26)(H,28,30)/t14-,16+/m1/s1. The van der Waals surface area contributed by atoms with Crippen LogP contribution in [0, 0.1) is 0 Å². The van der Waals surface area contributed by atoms with Crippen molar-refractivity contribution >= 4 is 22.7 Å². The van der Waals surface area contributed by atoms with E-state index in [0.717, 1.165) is 41.2 Å². The third-order valence-corrected chi connectivity index (χ3v) is 5.96. The summed E-state index contributed by atoms with van der Waals surface area (Å²) in [5, 5.41) is 17.9. The van der Waals surface area contributed by atoms with Crippen LogP contribution >= 0.6 is 0 Å². The molecule has 1 fully saturated rings. The van der Waals surface area contributed by atoms with E-state index in [9.17, 15) is 5.11 Å². The van der Waals surface area contributed by atoms with Crippen molar-refractivity contribution in [2.45, 2.75) is 44.8 Å². The van der Waals surface area contributed by atoms with Crippen LogP contribution in [0.25, 0.3) is 27.8 Å². The monoisotopic (exact) mass is 446 g/mol. The lowest BCUT2D eigenvalue weighted by atomic mass is 10.1. The number of nitrogens with one attached hydrogen (secondary N) is 1. The van der Waals surface area contributed by atoms with Crippen molar-refractivity contribution in [1.82, 2.24) is 29.7 Å². The smallest absolute Gasteiger partial charge is 0.215 e. The molecule has 0 aromatic carbocycles. The van der Waals surface area contributed by atoms with E-state index in [1.54, 1.807) is 30.4 Å². The highest BCUT2D eigenvalue weighted by atomic mass is 16.5. The fraction of sp³-hybridized carbons (Fsp3) is 0.348. The molecule has 0 radical (unpaired) electrons. The fourth-order valence-corrected chi connectivity index (χ4v) is 4.20. The minimum Gasteiger partial charge on any atom is -0.481 e. The zero-order chi connectivity index (χ0) is 22.9. The first-order valence-electron chi connectivity index (χ1n) is 11.0. The van der Waals surface area contributed by atoms with Crippen LogP contribution in [0.3, 0.4) is 0 Å². The highest BCUT2D eigenvalue weighted by molar-refractivity contribution is 5.96. The number of methoxy groups -OCH3 is 1. The molecule has 1 aliphatic rings. The maximum absolute atomic E-state index is 9.91. The molecule has 4 aromatic rings. The number of nitrogen functional groups attached to an aromatic ring is 1. The summed E-state index contributed by atoms with van der Waals surface area (Å²) in [4.78, 5) is 18.2. The van der Waals surface area contributed by atoms with E-state index in [0.29, 0.717) is 35.6 Å². The van der Waals surface area contributed by atoms with Gasteiger partial charge in [0, 0.05) is 41.8 Å². The summed E-state index contributed by atoms with van der Waals surface area (Å²) >= 11 is 0. The number of nitrogens with two attached hydrogens (primary N) is 1. The van der Waals surface area contributed by atoms with Crippen LogP contribution in [-0.4, -0.2) is 54.1 Å². The SMILES string of the molecule is CCc1nc2c(N)ncc(-c3cnn(-c4ccnc(OC)c4)c3)c2nc1N[C@@H]1CC[C@H](O)C1. The molecule has 0 spiro atoms. The lowest BCUT2D eigenvalue weighted by molar-refractivity contribution is 0.182. The van der Waals surface area contributed by atoms with Crippen LogP contribution in [0.1, 0.15) is 31.9 Å². The van der Waals surface area contributed by atoms with Crippen molar-refractivity contribution in [3.63, 3.8) is 0 Å². The van der Waals surface area contributed by atoms with E-state index < -0.39 is 0 Å². The minimum atomic E-state index is -0.269. The van der Waals surface area contributed by atoms with Crippen molar-refractivity contribution in [2.24, 2.45) is 0 Å². The normalized spacial score (nSPS) is 18.0. The molecule has 0 unspecified atom stereocenters. The molecule has 170 valence electrons. The number of fused-ring (bicyclic) bond motifs is 1. The molecule has 2 atom stereocenters. The first-order chi connectivity index (χ1) is 16.1. The van der Waals surface area contributed by atoms with Crippen LogP contribution in [0.5, 0.6) is 5.88 Å². The van der Waals surface area contributed by atoms with Gasteiger partial charge in [-0.05, 0) is 31.7 Å². The average molecular weight is 447 g/mol. The maximum Gasteiger partial charge on any atom is 0.215 e. The number of aromatic nitrogens is 6. The summed E-state index contributed by atoms with van der Waals surface area (Å²) in [5.41, 5.74) is 10.7. The molecule has 5 rings (SSSR count). The van der Waals surface area contributed by atoms with Crippen molar-refractivity contribution in [2.75, 3.05) is 18.2 Å². The molecule has 0 aliphatic heterocycles. The van der Waals surface area contributed by atoms with Gasteiger partial charge in [0.2, 0.25) is 5.88 Å². The van der Waals surface area contributed by atoms with Crippen LogP contribution < -0.4 is 15.8 Å². The molecule has 0 bridgehead atoms. The first kappa shape index (κ1) is 21.1. The summed E-state index contributed by atoms with van der Waals surface area (Å²) in [5.74, 6) is 1.57. The van der Waals surface area contributed by atoms with Crippen molar-refractivity contribution in [3.05, 3.63) is 42.6 Å². The predicted molar refractivity (Wildman–Crippen MR) is 125 cm³/mol. The van der Waals surface area contributed by atoms with Gasteiger partial charge in [0.1, 0.15) is 16.9 Å². The summed E-state index contributed by atoms with van der Waals surface area (Å²) in [6.07, 6.45) is 9.86. The quantitative estimate of drug-likeness (QED) is 0.408. The molecule has 0 saturated heterocycles. The Labute approximate surface area is 190 Å². The van der Waals surface area contributed by atoms with Crippen molar-refractivity contribution in [3.8, 4) is 22.7 Å². The third-order valence-electron chi connectivity index (χ3n) is 5.96. The Kier molecular flexibility index (Phi) is 5.51. The molecule has 4 heterocycles. The zero-order valence-electron chi connectivity index (χ0n) is 18.6. The van der Waals surface area contributed by atoms with Crippen LogP contribution in [0.15, 0.2) is 36.9 Å². The van der Waals surface area contributed by atoms with E-state index in [1.807, 2.05) is 25.3 Å². The summed E-state index contributed by atoms with van der Waals surface area (Å²) < 4.78 is 6.96. The second-order valence-corrected chi connectivity index (χ2v) is 8.16. The van der Waals surface area contributed by atoms with Gasteiger partial charge < -0.3 is 20.9 Å². The second kappa shape index (κ2) is 8.62. The Morgan fingerprint density at radius 2 is 2.09 bits per heavy atom. The molecular weight excluding hydrogens is 420 g/mol. The summed E-state index contributed by atoms with van der Waals surface area (Å²) in [6, 6.07) is 3.83. The number of pyridine rings is 2. The average Bonchev–Trinajstić information content (AvgIpc) is 3.48. The van der Waals surface area contributed by atoms with Crippen molar-refractivity contribution in [1.29, 1.82) is 0 Å². The Hall–Kier alpha value is -3.79. The number of aliphatic hydroxyl groups excluding tert-OH is 1. The van der Waals surface area contributed by atoms with Crippen molar-refractivity contribution < 1.29 is 9.84 Å². The minimum absolute atomic E-state index is 0.170. The molecule has 10 heteroatoms. The number of rotatable bonds is 6. The number of hydrogen-bond donors (Lipinski definition) is 3. The molecule has 10 nitrogen and oxygen atoms in total. The number of ether oxygens (including phenoxy) is 1. The number of nitrogens with zero attached hydrogens (tertiary/aromatic N) is 6. The molecule has 4 N–H and O–H groups in total. The fourth-order valence-electron chi connectivity index (χ4n) is 4.20. The zero-order valence-corrected chi connectivity index (χ0v) is 18.6. The van der Waals surface area contributed by atoms with Crippen LogP contribution in [-0.2, 0) is 6.42 Å². The van der Waals surface area contributed by atoms with E-state index in [4.69, 9.17) is 20.4 Å². The Morgan fingerprint density at radius 1 is 1.21 bits per heavy atom. The Balaban J connectivity index is 1.57. The number of aryl methyl sites for hydroxylation is 1. The predicted octanol–water partition coefficient (Wildman–Crippen LogP) is 2.75. The topological polar surface area (TPSA) is 137 Å². The Bertz CT molecular complexity index is 1310. The lowest BCUT2D eigenvalue weighted by Crippen LogP contribution is -2.19.